The summed E-state index contributed by atoms with van der Waals surface area (Å²) < 4.78 is 21.3. The van der Waals surface area contributed by atoms with Crippen LogP contribution in [0.2, 0.25) is 0 Å². The molecule has 0 amide bonds. The minimum absolute atomic E-state index is 0. The predicted octanol–water partition coefficient (Wildman–Crippen LogP) is 19.0. The fraction of sp³-hybridized carbons (Fsp3) is 0.167. The molecule has 0 unspecified atom stereocenters. The average molecular weight is 1180 g/mol. The van der Waals surface area contributed by atoms with E-state index < -0.39 is 6.37 Å². The van der Waals surface area contributed by atoms with Crippen molar-refractivity contribution in [2.75, 3.05) is 0 Å². The van der Waals surface area contributed by atoms with Gasteiger partial charge < -0.3 is 5.11 Å². The largest absolute Gasteiger partial charge is 0.507 e. The smallest absolute Gasteiger partial charge is 0.148 e. The molecule has 0 bridgehead atoms. The van der Waals surface area contributed by atoms with E-state index in [0.29, 0.717) is 28.4 Å². The first-order valence-electron chi connectivity index (χ1n) is 28.2. The molecule has 0 aliphatic heterocycles. The summed E-state index contributed by atoms with van der Waals surface area (Å²) in [7, 11) is 0. The van der Waals surface area contributed by atoms with Crippen LogP contribution >= 0.6 is 0 Å². The number of nitrogens with zero attached hydrogens (tertiary/aromatic N) is 3. The molecule has 0 atom stereocenters. The molecule has 380 valence electrons. The summed E-state index contributed by atoms with van der Waals surface area (Å²) in [5, 5.41) is 12.9. The molecular weight excluding hydrogens is 1120 g/mol. The van der Waals surface area contributed by atoms with Gasteiger partial charge in [-0.2, -0.15) is 0 Å². The summed E-state index contributed by atoms with van der Waals surface area (Å²) >= 11 is 0. The van der Waals surface area contributed by atoms with Gasteiger partial charge in [0.25, 0.3) is 0 Å². The number of benzene rings is 9. The van der Waals surface area contributed by atoms with Crippen molar-refractivity contribution in [2.45, 2.75) is 70.1 Å². The van der Waals surface area contributed by atoms with E-state index in [9.17, 15) is 7.85 Å². The van der Waals surface area contributed by atoms with Crippen molar-refractivity contribution in [1.82, 2.24) is 14.5 Å². The number of fused-ring (bicyclic) bond motifs is 1. The molecule has 2 aliphatic rings. The Bertz CT molecular complexity index is 3940. The van der Waals surface area contributed by atoms with E-state index in [4.69, 9.17) is 9.97 Å². The normalized spacial score (nSPS) is 14.5. The van der Waals surface area contributed by atoms with Gasteiger partial charge in [-0.05, 0) is 111 Å². The number of pyridine rings is 1. The fourth-order valence-corrected chi connectivity index (χ4v) is 12.0. The first-order valence-corrected chi connectivity index (χ1v) is 27.2. The molecule has 0 spiro atoms. The summed E-state index contributed by atoms with van der Waals surface area (Å²) in [5.41, 5.74) is 18.3. The molecule has 0 saturated heterocycles. The van der Waals surface area contributed by atoms with Crippen LogP contribution < -0.4 is 0 Å². The number of imidazole rings is 1. The molecule has 11 aromatic rings. The first-order chi connectivity index (χ1) is 38.4. The molecule has 2 aromatic heterocycles. The standard InChI is InChI=1S/C72H60N3O.Pt/c76-71-64(63-30-16-15-29-61(63)55-25-9-3-10-26-55)32-17-33-65(71)72-74-70-62(31-18-34-69(70)75(72)68-40-35-50(43-49-19-13-14-20-49)44-66(68)56-27-11-4-12-28-56)59-45-58(52-23-7-2-8-24-52)46-60(47-59)67-48-57(41-42-73-67)54-38-36-53(37-39-54)51-21-5-1-6-22-51;/h2-4,7-12,15-18,23-42,44-46,48-49,51,76H,1,5-6,13-14,19-22,43H2;/q-1;/i43D2;. The predicted molar refractivity (Wildman–Crippen MR) is 314 cm³/mol. The second-order valence-corrected chi connectivity index (χ2v) is 20.7. The number of hydrogen-bond acceptors (Lipinski definition) is 3. The summed E-state index contributed by atoms with van der Waals surface area (Å²) in [6, 6.07) is 79.3. The maximum absolute atomic E-state index is 12.9. The van der Waals surface area contributed by atoms with E-state index in [0.717, 1.165) is 115 Å². The summed E-state index contributed by atoms with van der Waals surface area (Å²) in [6.45, 7) is 0. The van der Waals surface area contributed by atoms with Crippen molar-refractivity contribution in [3.63, 3.8) is 0 Å². The van der Waals surface area contributed by atoms with Crippen molar-refractivity contribution >= 4 is 11.0 Å². The summed E-state index contributed by atoms with van der Waals surface area (Å²) in [5.74, 6) is 1.26. The zero-order chi connectivity index (χ0) is 52.6. The zero-order valence-electron chi connectivity index (χ0n) is 45.0. The number of aromatic hydroxyl groups is 1. The molecule has 5 heteroatoms. The minimum atomic E-state index is -1.52. The van der Waals surface area contributed by atoms with E-state index in [1.165, 1.54) is 37.7 Å². The Morgan fingerprint density at radius 3 is 1.82 bits per heavy atom. The zero-order valence-corrected chi connectivity index (χ0v) is 45.3. The Kier molecular flexibility index (Phi) is 13.8. The van der Waals surface area contributed by atoms with Crippen LogP contribution in [-0.4, -0.2) is 19.6 Å². The molecule has 2 fully saturated rings. The third kappa shape index (κ3) is 10.2. The van der Waals surface area contributed by atoms with E-state index >= 15 is 0 Å². The minimum Gasteiger partial charge on any atom is -0.507 e. The Balaban J connectivity index is 0.00000623. The van der Waals surface area contributed by atoms with Gasteiger partial charge in [-0.15, -0.1) is 23.8 Å². The third-order valence-electron chi connectivity index (χ3n) is 15.9. The van der Waals surface area contributed by atoms with Crippen LogP contribution in [0, 0.1) is 12.0 Å². The fourth-order valence-electron chi connectivity index (χ4n) is 12.0. The Hall–Kier alpha value is -7.91. The van der Waals surface area contributed by atoms with E-state index in [-0.39, 0.29) is 32.7 Å². The van der Waals surface area contributed by atoms with Crippen LogP contribution in [0.3, 0.4) is 0 Å². The SMILES string of the molecule is [2H]C([2H])(c1ccc(-n2c(-c3cccc(-c4ccccc4-c4ccccc4)c3O)nc3c(-c4[c-]c(-c5cc(-c6ccc(C7CCCCC7)cc6)ccn5)cc(-c5ccccc5)c4)cccc32)c(-c2ccccc2)c1)C1CCCC1.[Pt]. The van der Waals surface area contributed by atoms with Crippen LogP contribution in [0.25, 0.3) is 106 Å². The number of para-hydroxylation sites is 2. The van der Waals surface area contributed by atoms with Gasteiger partial charge in [0.05, 0.1) is 22.3 Å². The summed E-state index contributed by atoms with van der Waals surface area (Å²) in [4.78, 5) is 10.7. The van der Waals surface area contributed by atoms with Crippen LogP contribution in [0.5, 0.6) is 5.75 Å². The van der Waals surface area contributed by atoms with Crippen molar-refractivity contribution in [3.05, 3.63) is 242 Å². The van der Waals surface area contributed by atoms with Gasteiger partial charge in [-0.1, -0.05) is 238 Å². The molecule has 4 nitrogen and oxygen atoms in total. The monoisotopic (exact) mass is 1180 g/mol. The van der Waals surface area contributed by atoms with Gasteiger partial charge in [0, 0.05) is 46.8 Å². The van der Waals surface area contributed by atoms with E-state index in [1.807, 2.05) is 85.1 Å². The second kappa shape index (κ2) is 22.4. The molecular formula is C72H60N3OPt-. The maximum Gasteiger partial charge on any atom is 0.148 e. The third-order valence-corrected chi connectivity index (χ3v) is 15.9. The topological polar surface area (TPSA) is 50.9 Å². The molecule has 9 aromatic carbocycles. The Morgan fingerprint density at radius 2 is 1.08 bits per heavy atom. The van der Waals surface area contributed by atoms with Crippen LogP contribution in [0.1, 0.15) is 77.6 Å². The number of hydrogen-bond donors (Lipinski definition) is 1. The molecule has 2 heterocycles. The van der Waals surface area contributed by atoms with Crippen molar-refractivity contribution in [2.24, 2.45) is 5.92 Å². The number of phenols is 1. The Labute approximate surface area is 470 Å². The first kappa shape index (κ1) is 47.5. The van der Waals surface area contributed by atoms with Gasteiger partial charge in [0.1, 0.15) is 11.6 Å². The van der Waals surface area contributed by atoms with Gasteiger partial charge in [0.15, 0.2) is 0 Å². The molecule has 2 saturated carbocycles. The molecule has 0 radical (unpaired) electrons. The van der Waals surface area contributed by atoms with Crippen LogP contribution in [0.15, 0.2) is 225 Å². The van der Waals surface area contributed by atoms with Gasteiger partial charge in [-0.3, -0.25) is 9.55 Å². The maximum atomic E-state index is 12.9. The molecule has 13 rings (SSSR count). The number of phenolic OH excluding ortho intramolecular Hbond substituents is 1. The second-order valence-electron chi connectivity index (χ2n) is 20.7. The van der Waals surface area contributed by atoms with Gasteiger partial charge in [-0.25, -0.2) is 4.98 Å². The quantitative estimate of drug-likeness (QED) is 0.124. The van der Waals surface area contributed by atoms with Crippen molar-refractivity contribution in [1.29, 1.82) is 0 Å². The Morgan fingerprint density at radius 1 is 0.481 bits per heavy atom. The average Bonchev–Trinajstić information content (AvgIpc) is 4.24. The number of aromatic nitrogens is 3. The summed E-state index contributed by atoms with van der Waals surface area (Å²) in [6.07, 6.45) is 10.7. The van der Waals surface area contributed by atoms with E-state index in [1.54, 1.807) is 0 Å². The van der Waals surface area contributed by atoms with Gasteiger partial charge >= 0.3 is 0 Å². The van der Waals surface area contributed by atoms with Crippen LogP contribution in [0.4, 0.5) is 0 Å². The van der Waals surface area contributed by atoms with Crippen molar-refractivity contribution < 1.29 is 28.9 Å². The van der Waals surface area contributed by atoms with Crippen LogP contribution in [-0.2, 0) is 27.4 Å². The van der Waals surface area contributed by atoms with E-state index in [2.05, 4.69) is 150 Å². The van der Waals surface area contributed by atoms with Gasteiger partial charge in [0.2, 0.25) is 0 Å². The molecule has 1 N–H and O–H groups in total. The van der Waals surface area contributed by atoms with Crippen molar-refractivity contribution in [3.8, 4) is 101 Å². The molecule has 2 aliphatic carbocycles. The number of rotatable bonds is 12. The molecule has 77 heavy (non-hydrogen) atoms.